The molecule has 2 aliphatic heterocycles. The van der Waals surface area contributed by atoms with Gasteiger partial charge in [0.2, 0.25) is 10.0 Å². The lowest BCUT2D eigenvalue weighted by Gasteiger charge is -2.31. The van der Waals surface area contributed by atoms with Gasteiger partial charge in [-0.1, -0.05) is 13.8 Å². The van der Waals surface area contributed by atoms with Gasteiger partial charge < -0.3 is 25.0 Å². The minimum absolute atomic E-state index is 0.165. The van der Waals surface area contributed by atoms with Crippen molar-refractivity contribution in [3.63, 3.8) is 0 Å². The predicted octanol–water partition coefficient (Wildman–Crippen LogP) is 2.02. The lowest BCUT2D eigenvalue weighted by molar-refractivity contribution is 0.114. The van der Waals surface area contributed by atoms with Gasteiger partial charge >= 0.3 is 0 Å². The Bertz CT molecular complexity index is 818. The van der Waals surface area contributed by atoms with E-state index in [0.717, 1.165) is 38.2 Å². The van der Waals surface area contributed by atoms with Gasteiger partial charge in [-0.15, -0.1) is 0 Å². The number of nitrogens with one attached hydrogen (secondary N) is 2. The molecule has 0 saturated carbocycles. The molecule has 8 nitrogen and oxygen atoms in total. The molecule has 2 aliphatic rings. The Labute approximate surface area is 184 Å². The van der Waals surface area contributed by atoms with Crippen LogP contribution in [0.3, 0.4) is 0 Å². The number of hydrogen-bond donors (Lipinski definition) is 2. The third-order valence-electron chi connectivity index (χ3n) is 5.43. The summed E-state index contributed by atoms with van der Waals surface area (Å²) in [5.74, 6) is 0. The smallest absolute Gasteiger partial charge is 0.243 e. The molecule has 0 bridgehead atoms. The zero-order valence-corrected chi connectivity index (χ0v) is 19.4. The normalized spacial score (nSPS) is 19.8. The van der Waals surface area contributed by atoms with Gasteiger partial charge in [-0.05, 0) is 43.3 Å². The van der Waals surface area contributed by atoms with E-state index in [1.165, 1.54) is 4.31 Å². The number of benzene rings is 1. The van der Waals surface area contributed by atoms with Crippen molar-refractivity contribution in [1.82, 2.24) is 9.62 Å². The maximum absolute atomic E-state index is 13.0. The van der Waals surface area contributed by atoms with Gasteiger partial charge in [-0.2, -0.15) is 4.31 Å². The fraction of sp³-hybridized carbons (Fsp3) is 0.650. The van der Waals surface area contributed by atoms with Gasteiger partial charge in [0.25, 0.3) is 0 Å². The molecule has 168 valence electrons. The standard InChI is InChI=1S/C20H32N4O4S2/c1-3-24(4-2)30(25,26)17-7-8-19(23-9-12-27-13-10-23)18(14-17)22-20(29)21-15-16-6-5-11-28-16/h7-8,14,16H,3-6,9-13,15H2,1-2H3,(H2,21,22,29). The SMILES string of the molecule is CCN(CC)S(=O)(=O)c1ccc(N2CCOCC2)c(NC(=S)NCC2CCCO2)c1. The highest BCUT2D eigenvalue weighted by Gasteiger charge is 2.24. The highest BCUT2D eigenvalue weighted by molar-refractivity contribution is 7.89. The van der Waals surface area contributed by atoms with E-state index in [9.17, 15) is 8.42 Å². The first-order chi connectivity index (χ1) is 14.5. The van der Waals surface area contributed by atoms with Crippen LogP contribution in [0.2, 0.25) is 0 Å². The van der Waals surface area contributed by atoms with Crippen molar-refractivity contribution in [2.24, 2.45) is 0 Å². The molecule has 0 spiro atoms. The molecule has 2 heterocycles. The molecule has 30 heavy (non-hydrogen) atoms. The van der Waals surface area contributed by atoms with Crippen LogP contribution in [0.25, 0.3) is 0 Å². The van der Waals surface area contributed by atoms with E-state index >= 15 is 0 Å². The van der Waals surface area contributed by atoms with Crippen LogP contribution in [0.5, 0.6) is 0 Å². The number of morpholine rings is 1. The van der Waals surface area contributed by atoms with Gasteiger partial charge in [0.15, 0.2) is 5.11 Å². The molecule has 0 radical (unpaired) electrons. The molecule has 1 aromatic rings. The summed E-state index contributed by atoms with van der Waals surface area (Å²) in [6.45, 7) is 8.72. The third kappa shape index (κ3) is 5.61. The van der Waals surface area contributed by atoms with Gasteiger partial charge in [-0.25, -0.2) is 8.42 Å². The first-order valence-corrected chi connectivity index (χ1v) is 12.4. The summed E-state index contributed by atoms with van der Waals surface area (Å²) in [4.78, 5) is 2.44. The van der Waals surface area contributed by atoms with Gasteiger partial charge in [0.05, 0.1) is 35.6 Å². The Morgan fingerprint density at radius 3 is 2.60 bits per heavy atom. The van der Waals surface area contributed by atoms with Crippen molar-refractivity contribution in [3.8, 4) is 0 Å². The van der Waals surface area contributed by atoms with E-state index < -0.39 is 10.0 Å². The average Bonchev–Trinajstić information content (AvgIpc) is 3.27. The number of sulfonamides is 1. The van der Waals surface area contributed by atoms with Gasteiger partial charge in [-0.3, -0.25) is 0 Å². The lowest BCUT2D eigenvalue weighted by Crippen LogP contribution is -2.38. The Balaban J connectivity index is 1.83. The number of hydrogen-bond acceptors (Lipinski definition) is 6. The van der Waals surface area contributed by atoms with Crippen LogP contribution in [-0.2, 0) is 19.5 Å². The second kappa shape index (κ2) is 10.7. The lowest BCUT2D eigenvalue weighted by atomic mass is 10.2. The fourth-order valence-corrected chi connectivity index (χ4v) is 5.42. The van der Waals surface area contributed by atoms with Gasteiger partial charge in [0.1, 0.15) is 0 Å². The largest absolute Gasteiger partial charge is 0.378 e. The number of nitrogens with zero attached hydrogens (tertiary/aromatic N) is 2. The highest BCUT2D eigenvalue weighted by atomic mass is 32.2. The second-order valence-electron chi connectivity index (χ2n) is 7.34. The molecule has 0 amide bonds. The summed E-state index contributed by atoms with van der Waals surface area (Å²) in [5.41, 5.74) is 1.59. The Kier molecular flexibility index (Phi) is 8.29. The molecule has 2 N–H and O–H groups in total. The molecule has 1 aromatic carbocycles. The van der Waals surface area contributed by atoms with Crippen LogP contribution >= 0.6 is 12.2 Å². The van der Waals surface area contributed by atoms with Crippen molar-refractivity contribution in [3.05, 3.63) is 18.2 Å². The zero-order chi connectivity index (χ0) is 21.6. The molecular formula is C20H32N4O4S2. The van der Waals surface area contributed by atoms with E-state index in [1.807, 2.05) is 19.9 Å². The van der Waals surface area contributed by atoms with Gasteiger partial charge in [0, 0.05) is 39.3 Å². The van der Waals surface area contributed by atoms with Crippen molar-refractivity contribution in [2.45, 2.75) is 37.7 Å². The average molecular weight is 457 g/mol. The first-order valence-electron chi connectivity index (χ1n) is 10.6. The van der Waals surface area contributed by atoms with Crippen LogP contribution in [0.4, 0.5) is 11.4 Å². The summed E-state index contributed by atoms with van der Waals surface area (Å²) in [5, 5.41) is 6.87. The molecule has 2 saturated heterocycles. The van der Waals surface area contributed by atoms with Crippen molar-refractivity contribution < 1.29 is 17.9 Å². The minimum atomic E-state index is -3.57. The monoisotopic (exact) mass is 456 g/mol. The molecule has 1 atom stereocenters. The molecule has 10 heteroatoms. The summed E-state index contributed by atoms with van der Waals surface area (Å²) >= 11 is 5.48. The third-order valence-corrected chi connectivity index (χ3v) is 7.72. The fourth-order valence-electron chi connectivity index (χ4n) is 3.75. The maximum Gasteiger partial charge on any atom is 0.243 e. The Morgan fingerprint density at radius 2 is 1.97 bits per heavy atom. The molecular weight excluding hydrogens is 424 g/mol. The maximum atomic E-state index is 13.0. The first kappa shape index (κ1) is 23.2. The number of anilines is 2. The van der Waals surface area contributed by atoms with Crippen LogP contribution in [0, 0.1) is 0 Å². The predicted molar refractivity (Wildman–Crippen MR) is 123 cm³/mol. The van der Waals surface area contributed by atoms with E-state index in [4.69, 9.17) is 21.7 Å². The molecule has 0 aromatic heterocycles. The van der Waals surface area contributed by atoms with Crippen molar-refractivity contribution in [2.75, 3.05) is 62.8 Å². The van der Waals surface area contributed by atoms with Crippen LogP contribution in [0.15, 0.2) is 23.1 Å². The van der Waals surface area contributed by atoms with E-state index in [1.54, 1.807) is 12.1 Å². The number of thiocarbonyl (C=S) groups is 1. The quantitative estimate of drug-likeness (QED) is 0.575. The van der Waals surface area contributed by atoms with Crippen molar-refractivity contribution in [1.29, 1.82) is 0 Å². The summed E-state index contributed by atoms with van der Waals surface area (Å²) in [6, 6.07) is 5.21. The van der Waals surface area contributed by atoms with E-state index in [-0.39, 0.29) is 11.0 Å². The molecule has 0 aliphatic carbocycles. The minimum Gasteiger partial charge on any atom is -0.378 e. The highest BCUT2D eigenvalue weighted by Crippen LogP contribution is 2.31. The summed E-state index contributed by atoms with van der Waals surface area (Å²) in [6.07, 6.45) is 2.25. The number of rotatable bonds is 8. The molecule has 2 fully saturated rings. The number of ether oxygens (including phenoxy) is 2. The Hall–Kier alpha value is -1.46. The summed E-state index contributed by atoms with van der Waals surface area (Å²) < 4.78 is 38.6. The van der Waals surface area contributed by atoms with Crippen LogP contribution in [0.1, 0.15) is 26.7 Å². The van der Waals surface area contributed by atoms with Crippen LogP contribution < -0.4 is 15.5 Å². The zero-order valence-electron chi connectivity index (χ0n) is 17.7. The second-order valence-corrected chi connectivity index (χ2v) is 9.68. The van der Waals surface area contributed by atoms with Crippen LogP contribution in [-0.4, -0.2) is 76.5 Å². The van der Waals surface area contributed by atoms with E-state index in [0.29, 0.717) is 43.6 Å². The summed E-state index contributed by atoms with van der Waals surface area (Å²) in [7, 11) is -3.57. The van der Waals surface area contributed by atoms with E-state index in [2.05, 4.69) is 15.5 Å². The molecule has 1 unspecified atom stereocenters. The molecule has 3 rings (SSSR count). The Morgan fingerprint density at radius 1 is 1.23 bits per heavy atom. The van der Waals surface area contributed by atoms with Crippen molar-refractivity contribution >= 4 is 38.7 Å². The topological polar surface area (TPSA) is 83.1 Å².